The van der Waals surface area contributed by atoms with E-state index >= 15 is 0 Å². The molecule has 3 N–H and O–H groups in total. The van der Waals surface area contributed by atoms with Crippen molar-refractivity contribution in [3.05, 3.63) is 17.5 Å². The minimum Gasteiger partial charge on any atom is -0.388 e. The molecule has 2 aliphatic heterocycles. The zero-order chi connectivity index (χ0) is 15.4. The van der Waals surface area contributed by atoms with E-state index in [1.807, 2.05) is 13.2 Å². The summed E-state index contributed by atoms with van der Waals surface area (Å²) in [5.74, 6) is 0. The van der Waals surface area contributed by atoms with E-state index in [1.165, 1.54) is 0 Å². The number of aliphatic hydroxyl groups is 1. The highest BCUT2D eigenvalue weighted by Crippen LogP contribution is 2.54. The van der Waals surface area contributed by atoms with Crippen LogP contribution < -0.4 is 5.73 Å². The summed E-state index contributed by atoms with van der Waals surface area (Å²) in [4.78, 5) is 0. The maximum atomic E-state index is 11.1. The van der Waals surface area contributed by atoms with Gasteiger partial charge < -0.3 is 15.6 Å². The Morgan fingerprint density at radius 2 is 2.24 bits per heavy atom. The smallest absolute Gasteiger partial charge is 0.0917 e. The molecule has 2 aliphatic rings. The molecule has 2 saturated heterocycles. The summed E-state index contributed by atoms with van der Waals surface area (Å²) in [6.07, 6.45) is 4.63. The highest BCUT2D eigenvalue weighted by atomic mass is 16.5. The average molecular weight is 293 g/mol. The third-order valence-electron chi connectivity index (χ3n) is 5.14. The van der Waals surface area contributed by atoms with Crippen molar-refractivity contribution >= 4 is 0 Å². The Morgan fingerprint density at radius 1 is 1.52 bits per heavy atom. The van der Waals surface area contributed by atoms with Crippen LogP contribution in [0, 0.1) is 5.41 Å². The Bertz CT molecular complexity index is 534. The van der Waals surface area contributed by atoms with Crippen molar-refractivity contribution < 1.29 is 9.84 Å². The molecule has 4 unspecified atom stereocenters. The molecule has 0 aromatic carbocycles. The van der Waals surface area contributed by atoms with Crippen LogP contribution in [-0.4, -0.2) is 33.6 Å². The molecule has 21 heavy (non-hydrogen) atoms. The first-order valence-electron chi connectivity index (χ1n) is 7.85. The lowest BCUT2D eigenvalue weighted by Gasteiger charge is -2.39. The quantitative estimate of drug-likeness (QED) is 0.888. The SMILES string of the molecule is Cn1cc(C(O)C2(CN)CC3CCC2O3)c(C(C)(C)C)n1. The third kappa shape index (κ3) is 2.22. The summed E-state index contributed by atoms with van der Waals surface area (Å²) < 4.78 is 7.78. The number of nitrogens with zero attached hydrogens (tertiary/aromatic N) is 2. The molecular formula is C16H27N3O2. The van der Waals surface area contributed by atoms with Gasteiger partial charge in [-0.3, -0.25) is 4.68 Å². The molecule has 1 aromatic heterocycles. The lowest BCUT2D eigenvalue weighted by molar-refractivity contribution is -0.0271. The van der Waals surface area contributed by atoms with E-state index in [9.17, 15) is 5.11 Å². The second kappa shape index (κ2) is 4.80. The molecule has 3 rings (SSSR count). The van der Waals surface area contributed by atoms with Gasteiger partial charge in [-0.1, -0.05) is 20.8 Å². The zero-order valence-electron chi connectivity index (χ0n) is 13.5. The summed E-state index contributed by atoms with van der Waals surface area (Å²) in [5.41, 5.74) is 7.49. The van der Waals surface area contributed by atoms with Crippen molar-refractivity contribution in [1.82, 2.24) is 9.78 Å². The molecule has 0 aliphatic carbocycles. The molecule has 2 bridgehead atoms. The van der Waals surface area contributed by atoms with Gasteiger partial charge in [-0.25, -0.2) is 0 Å². The maximum Gasteiger partial charge on any atom is 0.0917 e. The van der Waals surface area contributed by atoms with Crippen LogP contribution >= 0.6 is 0 Å². The average Bonchev–Trinajstić information content (AvgIpc) is 3.09. The van der Waals surface area contributed by atoms with Crippen molar-refractivity contribution in [1.29, 1.82) is 0 Å². The van der Waals surface area contributed by atoms with Crippen molar-refractivity contribution in [2.75, 3.05) is 6.54 Å². The van der Waals surface area contributed by atoms with E-state index in [4.69, 9.17) is 10.5 Å². The largest absolute Gasteiger partial charge is 0.388 e. The predicted molar refractivity (Wildman–Crippen MR) is 80.9 cm³/mol. The lowest BCUT2D eigenvalue weighted by Crippen LogP contribution is -2.45. The van der Waals surface area contributed by atoms with Gasteiger partial charge in [0.1, 0.15) is 0 Å². The third-order valence-corrected chi connectivity index (χ3v) is 5.14. The van der Waals surface area contributed by atoms with E-state index in [0.29, 0.717) is 6.54 Å². The molecular weight excluding hydrogens is 266 g/mol. The number of aryl methyl sites for hydroxylation is 1. The van der Waals surface area contributed by atoms with Crippen molar-refractivity contribution in [2.24, 2.45) is 18.2 Å². The number of ether oxygens (including phenoxy) is 1. The van der Waals surface area contributed by atoms with Crippen LogP contribution in [0.2, 0.25) is 0 Å². The fraction of sp³-hybridized carbons (Fsp3) is 0.812. The first-order chi connectivity index (χ1) is 9.78. The second-order valence-corrected chi connectivity index (χ2v) is 7.72. The van der Waals surface area contributed by atoms with Gasteiger partial charge in [0.05, 0.1) is 24.0 Å². The first kappa shape index (κ1) is 15.0. The fourth-order valence-corrected chi connectivity index (χ4v) is 4.05. The highest BCUT2D eigenvalue weighted by Gasteiger charge is 2.56. The first-order valence-corrected chi connectivity index (χ1v) is 7.85. The van der Waals surface area contributed by atoms with Gasteiger partial charge in [-0.2, -0.15) is 5.10 Å². The zero-order valence-corrected chi connectivity index (χ0v) is 13.5. The number of hydrogen-bond donors (Lipinski definition) is 2. The number of fused-ring (bicyclic) bond motifs is 2. The molecule has 0 spiro atoms. The van der Waals surface area contributed by atoms with E-state index < -0.39 is 6.10 Å². The van der Waals surface area contributed by atoms with E-state index in [-0.39, 0.29) is 23.0 Å². The summed E-state index contributed by atoms with van der Waals surface area (Å²) in [7, 11) is 1.90. The van der Waals surface area contributed by atoms with Crippen LogP contribution in [0.4, 0.5) is 0 Å². The molecule has 0 radical (unpaired) electrons. The second-order valence-electron chi connectivity index (χ2n) is 7.72. The van der Waals surface area contributed by atoms with Gasteiger partial charge in [0.15, 0.2) is 0 Å². The van der Waals surface area contributed by atoms with E-state index in [0.717, 1.165) is 30.5 Å². The minimum absolute atomic E-state index is 0.0792. The Labute approximate surface area is 126 Å². The summed E-state index contributed by atoms with van der Waals surface area (Å²) in [5, 5.41) is 15.7. The Hall–Kier alpha value is -0.910. The molecule has 3 heterocycles. The van der Waals surface area contributed by atoms with Gasteiger partial charge in [-0.05, 0) is 19.3 Å². The van der Waals surface area contributed by atoms with Gasteiger partial charge in [0, 0.05) is 36.2 Å². The van der Waals surface area contributed by atoms with Crippen molar-refractivity contribution in [3.63, 3.8) is 0 Å². The van der Waals surface area contributed by atoms with Crippen molar-refractivity contribution in [3.8, 4) is 0 Å². The van der Waals surface area contributed by atoms with E-state index in [2.05, 4.69) is 25.9 Å². The van der Waals surface area contributed by atoms with Gasteiger partial charge in [0.25, 0.3) is 0 Å². The normalized spacial score (nSPS) is 33.6. The predicted octanol–water partition coefficient (Wildman–Crippen LogP) is 1.65. The van der Waals surface area contributed by atoms with Crippen LogP contribution in [-0.2, 0) is 17.2 Å². The molecule has 5 nitrogen and oxygen atoms in total. The van der Waals surface area contributed by atoms with Crippen LogP contribution in [0.1, 0.15) is 57.4 Å². The van der Waals surface area contributed by atoms with Crippen molar-refractivity contribution in [2.45, 2.75) is 63.8 Å². The topological polar surface area (TPSA) is 73.3 Å². The van der Waals surface area contributed by atoms with Gasteiger partial charge >= 0.3 is 0 Å². The van der Waals surface area contributed by atoms with Crippen LogP contribution in [0.15, 0.2) is 6.20 Å². The molecule has 0 saturated carbocycles. The highest BCUT2D eigenvalue weighted by molar-refractivity contribution is 5.29. The van der Waals surface area contributed by atoms with Crippen LogP contribution in [0.5, 0.6) is 0 Å². The van der Waals surface area contributed by atoms with Crippen LogP contribution in [0.3, 0.4) is 0 Å². The molecule has 5 heteroatoms. The summed E-state index contributed by atoms with van der Waals surface area (Å²) in [6, 6.07) is 0. The number of hydrogen-bond acceptors (Lipinski definition) is 4. The maximum absolute atomic E-state index is 11.1. The Kier molecular flexibility index (Phi) is 3.43. The molecule has 2 fully saturated rings. The van der Waals surface area contributed by atoms with Gasteiger partial charge in [-0.15, -0.1) is 0 Å². The minimum atomic E-state index is -0.610. The molecule has 118 valence electrons. The Morgan fingerprint density at radius 3 is 2.71 bits per heavy atom. The molecule has 4 atom stereocenters. The molecule has 1 aromatic rings. The number of rotatable bonds is 3. The standard InChI is InChI=1S/C16H27N3O2/c1-15(2,3)13-11(8-19(4)18-13)14(20)16(9-17)7-10-5-6-12(16)21-10/h8,10,12,14,20H,5-7,9,17H2,1-4H3. The molecule has 0 amide bonds. The van der Waals surface area contributed by atoms with E-state index in [1.54, 1.807) is 4.68 Å². The summed E-state index contributed by atoms with van der Waals surface area (Å²) in [6.45, 7) is 6.82. The fourth-order valence-electron chi connectivity index (χ4n) is 4.05. The summed E-state index contributed by atoms with van der Waals surface area (Å²) >= 11 is 0. The number of nitrogens with two attached hydrogens (primary N) is 1. The number of aliphatic hydroxyl groups excluding tert-OH is 1. The van der Waals surface area contributed by atoms with Gasteiger partial charge in [0.2, 0.25) is 0 Å². The Balaban J connectivity index is 2.00. The number of aromatic nitrogens is 2. The lowest BCUT2D eigenvalue weighted by atomic mass is 9.67. The van der Waals surface area contributed by atoms with Crippen LogP contribution in [0.25, 0.3) is 0 Å². The monoisotopic (exact) mass is 293 g/mol.